The van der Waals surface area contributed by atoms with Crippen molar-refractivity contribution in [3.05, 3.63) is 100 Å². The molecule has 0 radical (unpaired) electrons. The summed E-state index contributed by atoms with van der Waals surface area (Å²) < 4.78 is 28.9. The zero-order valence-corrected chi connectivity index (χ0v) is 22.1. The molecule has 1 aliphatic rings. The van der Waals surface area contributed by atoms with Gasteiger partial charge in [0, 0.05) is 16.0 Å². The summed E-state index contributed by atoms with van der Waals surface area (Å²) in [5.74, 6) is -1.33. The lowest BCUT2D eigenvalue weighted by Gasteiger charge is -2.21. The second kappa shape index (κ2) is 11.3. The van der Waals surface area contributed by atoms with Gasteiger partial charge in [0.15, 0.2) is 0 Å². The number of hydrogen-bond acceptors (Lipinski definition) is 5. The SMILES string of the molecule is CC(CC(=O)O)N=C(NS(=O)(=O)c1ccc(Cl)cc1)N1CC(c2ccccc2)C(c2ccc(Cl)cc2)=N1. The summed E-state index contributed by atoms with van der Waals surface area (Å²) in [5.41, 5.74) is 2.50. The van der Waals surface area contributed by atoms with Gasteiger partial charge in [-0.15, -0.1) is 0 Å². The number of nitrogens with one attached hydrogen (secondary N) is 1. The lowest BCUT2D eigenvalue weighted by atomic mass is 9.91. The first-order valence-corrected chi connectivity index (χ1v) is 13.6. The number of guanidine groups is 1. The lowest BCUT2D eigenvalue weighted by Crippen LogP contribution is -2.42. The highest BCUT2D eigenvalue weighted by Gasteiger charge is 2.33. The summed E-state index contributed by atoms with van der Waals surface area (Å²) in [6, 6.07) is 21.9. The smallest absolute Gasteiger partial charge is 0.305 e. The van der Waals surface area contributed by atoms with Crippen molar-refractivity contribution in [1.29, 1.82) is 0 Å². The van der Waals surface area contributed by atoms with Gasteiger partial charge in [-0.3, -0.25) is 4.79 Å². The number of aliphatic imine (C=N–C) groups is 1. The predicted octanol–water partition coefficient (Wildman–Crippen LogP) is 4.99. The Morgan fingerprint density at radius 1 is 1.05 bits per heavy atom. The Morgan fingerprint density at radius 3 is 2.24 bits per heavy atom. The first-order chi connectivity index (χ1) is 17.6. The van der Waals surface area contributed by atoms with Crippen molar-refractivity contribution in [2.45, 2.75) is 30.2 Å². The average molecular weight is 559 g/mol. The van der Waals surface area contributed by atoms with Crippen molar-refractivity contribution >= 4 is 50.9 Å². The molecule has 0 saturated carbocycles. The summed E-state index contributed by atoms with van der Waals surface area (Å²) in [5, 5.41) is 16.4. The topological polar surface area (TPSA) is 111 Å². The molecule has 0 bridgehead atoms. The van der Waals surface area contributed by atoms with Crippen molar-refractivity contribution in [2.24, 2.45) is 10.1 Å². The van der Waals surface area contributed by atoms with E-state index in [1.54, 1.807) is 19.1 Å². The maximum Gasteiger partial charge on any atom is 0.305 e. The molecular formula is C26H24Cl2N4O4S. The fourth-order valence-corrected chi connectivity index (χ4v) is 5.17. The molecule has 2 atom stereocenters. The van der Waals surface area contributed by atoms with Crippen LogP contribution in [-0.2, 0) is 14.8 Å². The van der Waals surface area contributed by atoms with E-state index in [1.165, 1.54) is 29.3 Å². The van der Waals surface area contributed by atoms with Gasteiger partial charge in [-0.2, -0.15) is 5.10 Å². The standard InChI is InChI=1S/C26H24Cl2N4O4S/c1-17(15-24(33)34)29-26(31-37(35,36)22-13-11-21(28)12-14-22)32-16-23(18-5-3-2-4-6-18)25(30-32)19-7-9-20(27)10-8-19/h2-14,17,23H,15-16H2,1H3,(H,29,31)(H,33,34). The fourth-order valence-electron chi connectivity index (χ4n) is 3.91. The first-order valence-electron chi connectivity index (χ1n) is 11.4. The Kier molecular flexibility index (Phi) is 8.16. The van der Waals surface area contributed by atoms with Crippen LogP contribution in [0.25, 0.3) is 0 Å². The van der Waals surface area contributed by atoms with E-state index in [4.69, 9.17) is 28.3 Å². The van der Waals surface area contributed by atoms with Gasteiger partial charge in [0.25, 0.3) is 10.0 Å². The highest BCUT2D eigenvalue weighted by molar-refractivity contribution is 7.90. The van der Waals surface area contributed by atoms with Gasteiger partial charge in [-0.1, -0.05) is 65.7 Å². The van der Waals surface area contributed by atoms with Gasteiger partial charge in [0.1, 0.15) is 0 Å². The second-order valence-electron chi connectivity index (χ2n) is 8.50. The van der Waals surface area contributed by atoms with E-state index in [1.807, 2.05) is 42.5 Å². The van der Waals surface area contributed by atoms with E-state index in [0.29, 0.717) is 15.8 Å². The van der Waals surface area contributed by atoms with E-state index >= 15 is 0 Å². The third kappa shape index (κ3) is 6.68. The van der Waals surface area contributed by atoms with Crippen LogP contribution in [0.4, 0.5) is 0 Å². The predicted molar refractivity (Wildman–Crippen MR) is 145 cm³/mol. The van der Waals surface area contributed by atoms with Crippen LogP contribution < -0.4 is 4.72 Å². The van der Waals surface area contributed by atoms with E-state index in [2.05, 4.69) is 9.71 Å². The number of sulfonamides is 1. The average Bonchev–Trinajstić information content (AvgIpc) is 3.30. The molecule has 1 heterocycles. The molecule has 3 aromatic rings. The Bertz CT molecular complexity index is 1430. The molecule has 3 aromatic carbocycles. The largest absolute Gasteiger partial charge is 0.481 e. The van der Waals surface area contributed by atoms with Crippen molar-refractivity contribution in [1.82, 2.24) is 9.73 Å². The van der Waals surface area contributed by atoms with Crippen LogP contribution in [-0.4, -0.2) is 48.8 Å². The van der Waals surface area contributed by atoms with Crippen molar-refractivity contribution < 1.29 is 18.3 Å². The van der Waals surface area contributed by atoms with Gasteiger partial charge in [-0.25, -0.2) is 23.1 Å². The number of aliphatic carboxylic acids is 1. The second-order valence-corrected chi connectivity index (χ2v) is 11.1. The highest BCUT2D eigenvalue weighted by Crippen LogP contribution is 2.30. The summed E-state index contributed by atoms with van der Waals surface area (Å²) >= 11 is 12.0. The monoisotopic (exact) mass is 558 g/mol. The Hall–Kier alpha value is -3.40. The maximum atomic E-state index is 13.2. The minimum Gasteiger partial charge on any atom is -0.481 e. The van der Waals surface area contributed by atoms with Gasteiger partial charge in [0.05, 0.1) is 29.6 Å². The number of halogens is 2. The van der Waals surface area contributed by atoms with Crippen LogP contribution in [0.2, 0.25) is 10.0 Å². The molecule has 2 unspecified atom stereocenters. The van der Waals surface area contributed by atoms with Crippen LogP contribution in [0.15, 0.2) is 93.9 Å². The number of nitrogens with zero attached hydrogens (tertiary/aromatic N) is 3. The van der Waals surface area contributed by atoms with Crippen molar-refractivity contribution in [2.75, 3.05) is 6.54 Å². The van der Waals surface area contributed by atoms with Gasteiger partial charge < -0.3 is 5.11 Å². The Morgan fingerprint density at radius 2 is 1.65 bits per heavy atom. The number of carbonyl (C=O) groups is 1. The number of hydrogen-bond donors (Lipinski definition) is 2. The quantitative estimate of drug-likeness (QED) is 0.313. The van der Waals surface area contributed by atoms with E-state index in [0.717, 1.165) is 11.1 Å². The molecule has 4 rings (SSSR count). The number of carboxylic acid groups (broad SMARTS) is 1. The summed E-state index contributed by atoms with van der Waals surface area (Å²) in [4.78, 5) is 15.7. The van der Waals surface area contributed by atoms with Crippen LogP contribution >= 0.6 is 23.2 Å². The van der Waals surface area contributed by atoms with Gasteiger partial charge >= 0.3 is 5.97 Å². The Balaban J connectivity index is 1.76. The molecule has 1 aliphatic heterocycles. The minimum atomic E-state index is -4.07. The molecule has 0 spiro atoms. The number of benzene rings is 3. The molecule has 0 fully saturated rings. The molecular weight excluding hydrogens is 535 g/mol. The summed E-state index contributed by atoms with van der Waals surface area (Å²) in [6.45, 7) is 1.88. The van der Waals surface area contributed by atoms with Crippen LogP contribution in [0.3, 0.4) is 0 Å². The molecule has 192 valence electrons. The molecule has 0 aliphatic carbocycles. The molecule has 8 nitrogen and oxygen atoms in total. The molecule has 0 amide bonds. The van der Waals surface area contributed by atoms with Crippen molar-refractivity contribution in [3.8, 4) is 0 Å². The van der Waals surface area contributed by atoms with E-state index in [9.17, 15) is 18.3 Å². The molecule has 37 heavy (non-hydrogen) atoms. The number of carboxylic acids is 1. The lowest BCUT2D eigenvalue weighted by molar-refractivity contribution is -0.137. The van der Waals surface area contributed by atoms with Crippen LogP contribution in [0.5, 0.6) is 0 Å². The maximum absolute atomic E-state index is 13.2. The molecule has 0 aromatic heterocycles. The normalized spacial score (nSPS) is 16.8. The fraction of sp³-hybridized carbons (Fsp3) is 0.192. The molecule has 11 heteroatoms. The molecule has 0 saturated heterocycles. The minimum absolute atomic E-state index is 0.0174. The zero-order chi connectivity index (χ0) is 26.6. The van der Waals surface area contributed by atoms with E-state index in [-0.39, 0.29) is 29.7 Å². The third-order valence-corrected chi connectivity index (χ3v) is 7.51. The van der Waals surface area contributed by atoms with Crippen molar-refractivity contribution in [3.63, 3.8) is 0 Å². The van der Waals surface area contributed by atoms with Crippen LogP contribution in [0, 0.1) is 0 Å². The highest BCUT2D eigenvalue weighted by atomic mass is 35.5. The first kappa shape index (κ1) is 26.7. The summed E-state index contributed by atoms with van der Waals surface area (Å²) in [6.07, 6.45) is -0.282. The molecule has 2 N–H and O–H groups in total. The van der Waals surface area contributed by atoms with Crippen LogP contribution in [0.1, 0.15) is 30.4 Å². The zero-order valence-electron chi connectivity index (χ0n) is 19.8. The third-order valence-electron chi connectivity index (χ3n) is 5.66. The Labute approximate surface area is 225 Å². The van der Waals surface area contributed by atoms with Gasteiger partial charge in [0.2, 0.25) is 5.96 Å². The van der Waals surface area contributed by atoms with Gasteiger partial charge in [-0.05, 0) is 54.4 Å². The summed E-state index contributed by atoms with van der Waals surface area (Å²) in [7, 11) is -4.07. The number of rotatable bonds is 7. The number of hydrazone groups is 1. The van der Waals surface area contributed by atoms with E-state index < -0.39 is 22.0 Å².